The van der Waals surface area contributed by atoms with E-state index in [1.54, 1.807) is 24.3 Å². The van der Waals surface area contributed by atoms with Gasteiger partial charge in [-0.15, -0.1) is 0 Å². The molecule has 0 unspecified atom stereocenters. The lowest BCUT2D eigenvalue weighted by atomic mass is 10.1. The minimum atomic E-state index is -0.356. The van der Waals surface area contributed by atoms with Crippen LogP contribution in [0.5, 0.6) is 0 Å². The van der Waals surface area contributed by atoms with Crippen LogP contribution in [0.15, 0.2) is 24.3 Å². The largest absolute Gasteiger partial charge is 0.469 e. The van der Waals surface area contributed by atoms with Gasteiger partial charge in [-0.2, -0.15) is 0 Å². The van der Waals surface area contributed by atoms with Gasteiger partial charge in [-0.3, -0.25) is 19.3 Å². The Morgan fingerprint density at radius 3 is 2.25 bits per heavy atom. The smallest absolute Gasteiger partial charge is 0.307 e. The van der Waals surface area contributed by atoms with Crippen LogP contribution in [0.3, 0.4) is 0 Å². The molecule has 0 N–H and O–H groups in total. The predicted octanol–water partition coefficient (Wildman–Crippen LogP) is 0.862. The molecule has 6 heteroatoms. The molecule has 0 spiro atoms. The van der Waals surface area contributed by atoms with Crippen LogP contribution in [-0.2, 0) is 14.3 Å². The molecule has 0 bridgehead atoms. The van der Waals surface area contributed by atoms with Crippen molar-refractivity contribution in [3.63, 3.8) is 0 Å². The minimum Gasteiger partial charge on any atom is -0.469 e. The lowest BCUT2D eigenvalue weighted by Crippen LogP contribution is -2.33. The van der Waals surface area contributed by atoms with E-state index in [2.05, 4.69) is 4.74 Å². The van der Waals surface area contributed by atoms with E-state index in [9.17, 15) is 14.4 Å². The third-order valence-corrected chi connectivity index (χ3v) is 3.02. The summed E-state index contributed by atoms with van der Waals surface area (Å²) in [6.45, 7) is 0.575. The summed E-state index contributed by atoms with van der Waals surface area (Å²) in [6, 6.07) is 6.71. The SMILES string of the molecule is COC(=O)CCOCCN1C(=O)c2ccccc2C1=O. The number of hydrogen-bond acceptors (Lipinski definition) is 5. The number of benzene rings is 1. The summed E-state index contributed by atoms with van der Waals surface area (Å²) in [6.07, 6.45) is 0.151. The van der Waals surface area contributed by atoms with Gasteiger partial charge in [0.15, 0.2) is 0 Å². The standard InChI is InChI=1S/C14H15NO5/c1-19-12(16)6-8-20-9-7-15-13(17)10-4-2-3-5-11(10)14(15)18/h2-5H,6-9H2,1H3. The fraction of sp³-hybridized carbons (Fsp3) is 0.357. The summed E-state index contributed by atoms with van der Waals surface area (Å²) < 4.78 is 9.69. The number of carbonyl (C=O) groups excluding carboxylic acids is 3. The normalized spacial score (nSPS) is 13.6. The van der Waals surface area contributed by atoms with Crippen LogP contribution in [-0.4, -0.2) is 49.6 Å². The van der Waals surface area contributed by atoms with Crippen LogP contribution >= 0.6 is 0 Å². The summed E-state index contributed by atoms with van der Waals surface area (Å²) in [5, 5.41) is 0. The first-order valence-corrected chi connectivity index (χ1v) is 6.25. The first-order chi connectivity index (χ1) is 9.65. The molecule has 1 heterocycles. The van der Waals surface area contributed by atoms with Crippen molar-refractivity contribution in [1.82, 2.24) is 4.90 Å². The molecule has 1 aromatic rings. The third kappa shape index (κ3) is 2.85. The number of ether oxygens (including phenoxy) is 2. The molecule has 1 aromatic carbocycles. The zero-order chi connectivity index (χ0) is 14.5. The number of nitrogens with zero attached hydrogens (tertiary/aromatic N) is 1. The molecule has 6 nitrogen and oxygen atoms in total. The molecular weight excluding hydrogens is 262 g/mol. The first-order valence-electron chi connectivity index (χ1n) is 6.25. The van der Waals surface area contributed by atoms with Crippen molar-refractivity contribution in [3.05, 3.63) is 35.4 Å². The maximum Gasteiger partial charge on any atom is 0.307 e. The maximum absolute atomic E-state index is 12.0. The third-order valence-electron chi connectivity index (χ3n) is 3.02. The van der Waals surface area contributed by atoms with Gasteiger partial charge in [0.1, 0.15) is 0 Å². The van der Waals surface area contributed by atoms with Gasteiger partial charge in [-0.05, 0) is 12.1 Å². The molecule has 0 saturated carbocycles. The highest BCUT2D eigenvalue weighted by atomic mass is 16.5. The van der Waals surface area contributed by atoms with Crippen LogP contribution in [0, 0.1) is 0 Å². The zero-order valence-corrected chi connectivity index (χ0v) is 11.1. The van der Waals surface area contributed by atoms with Crippen LogP contribution < -0.4 is 0 Å². The van der Waals surface area contributed by atoms with Crippen LogP contribution in [0.1, 0.15) is 27.1 Å². The van der Waals surface area contributed by atoms with E-state index in [0.29, 0.717) is 11.1 Å². The molecule has 2 amide bonds. The van der Waals surface area contributed by atoms with Gasteiger partial charge in [-0.1, -0.05) is 12.1 Å². The van der Waals surface area contributed by atoms with Gasteiger partial charge in [0.05, 0.1) is 44.4 Å². The van der Waals surface area contributed by atoms with Gasteiger partial charge in [-0.25, -0.2) is 0 Å². The van der Waals surface area contributed by atoms with Gasteiger partial charge in [0.25, 0.3) is 11.8 Å². The van der Waals surface area contributed by atoms with Gasteiger partial charge >= 0.3 is 5.97 Å². The van der Waals surface area contributed by atoms with Crippen LogP contribution in [0.2, 0.25) is 0 Å². The van der Waals surface area contributed by atoms with E-state index in [4.69, 9.17) is 4.74 Å². The maximum atomic E-state index is 12.0. The summed E-state index contributed by atoms with van der Waals surface area (Å²) in [4.78, 5) is 36.0. The van der Waals surface area contributed by atoms with Crippen molar-refractivity contribution in [2.75, 3.05) is 26.9 Å². The number of methoxy groups -OCH3 is 1. The van der Waals surface area contributed by atoms with E-state index >= 15 is 0 Å². The highest BCUT2D eigenvalue weighted by molar-refractivity contribution is 6.21. The van der Waals surface area contributed by atoms with Crippen molar-refractivity contribution < 1.29 is 23.9 Å². The molecule has 0 atom stereocenters. The average molecular weight is 277 g/mol. The fourth-order valence-electron chi connectivity index (χ4n) is 1.96. The summed E-state index contributed by atoms with van der Waals surface area (Å²) in [5.41, 5.74) is 0.846. The molecule has 0 saturated heterocycles. The summed E-state index contributed by atoms with van der Waals surface area (Å²) in [5.74, 6) is -0.963. The summed E-state index contributed by atoms with van der Waals surface area (Å²) in [7, 11) is 1.31. The van der Waals surface area contributed by atoms with Gasteiger partial charge < -0.3 is 9.47 Å². The Balaban J connectivity index is 1.82. The lowest BCUT2D eigenvalue weighted by Gasteiger charge is -2.13. The molecular formula is C14H15NO5. The van der Waals surface area contributed by atoms with Crippen molar-refractivity contribution in [2.24, 2.45) is 0 Å². The Hall–Kier alpha value is -2.21. The Bertz CT molecular complexity index is 505. The lowest BCUT2D eigenvalue weighted by molar-refractivity contribution is -0.141. The molecule has 0 fully saturated rings. The van der Waals surface area contributed by atoms with E-state index in [1.165, 1.54) is 7.11 Å². The second-order valence-electron chi connectivity index (χ2n) is 4.25. The van der Waals surface area contributed by atoms with Gasteiger partial charge in [0, 0.05) is 0 Å². The zero-order valence-electron chi connectivity index (χ0n) is 11.1. The number of imide groups is 1. The number of hydrogen-bond donors (Lipinski definition) is 0. The second-order valence-corrected chi connectivity index (χ2v) is 4.25. The Morgan fingerprint density at radius 2 is 1.70 bits per heavy atom. The molecule has 0 aromatic heterocycles. The summed E-state index contributed by atoms with van der Waals surface area (Å²) >= 11 is 0. The Kier molecular flexibility index (Phi) is 4.47. The van der Waals surface area contributed by atoms with E-state index in [1.807, 2.05) is 0 Å². The molecule has 0 radical (unpaired) electrons. The molecule has 0 aliphatic carbocycles. The Labute approximate surface area is 116 Å². The van der Waals surface area contributed by atoms with E-state index in [-0.39, 0.29) is 44.0 Å². The highest BCUT2D eigenvalue weighted by Gasteiger charge is 2.34. The number of carbonyl (C=O) groups is 3. The van der Waals surface area contributed by atoms with Gasteiger partial charge in [0.2, 0.25) is 0 Å². The number of rotatable bonds is 6. The van der Waals surface area contributed by atoms with Crippen molar-refractivity contribution in [2.45, 2.75) is 6.42 Å². The molecule has 1 aliphatic rings. The molecule has 1 aliphatic heterocycles. The monoisotopic (exact) mass is 277 g/mol. The van der Waals surface area contributed by atoms with Crippen LogP contribution in [0.4, 0.5) is 0 Å². The number of esters is 1. The highest BCUT2D eigenvalue weighted by Crippen LogP contribution is 2.21. The number of amides is 2. The molecule has 20 heavy (non-hydrogen) atoms. The van der Waals surface area contributed by atoms with E-state index in [0.717, 1.165) is 4.90 Å². The van der Waals surface area contributed by atoms with Crippen molar-refractivity contribution in [3.8, 4) is 0 Å². The molecule has 106 valence electrons. The van der Waals surface area contributed by atoms with E-state index < -0.39 is 0 Å². The quantitative estimate of drug-likeness (QED) is 0.438. The van der Waals surface area contributed by atoms with Crippen LogP contribution in [0.25, 0.3) is 0 Å². The fourth-order valence-corrected chi connectivity index (χ4v) is 1.96. The van der Waals surface area contributed by atoms with Crippen molar-refractivity contribution >= 4 is 17.8 Å². The first kappa shape index (κ1) is 14.2. The average Bonchev–Trinajstić information content (AvgIpc) is 2.71. The second kappa shape index (κ2) is 6.29. The van der Waals surface area contributed by atoms with Crippen molar-refractivity contribution in [1.29, 1.82) is 0 Å². The minimum absolute atomic E-state index is 0.151. The predicted molar refractivity (Wildman–Crippen MR) is 69.3 cm³/mol. The topological polar surface area (TPSA) is 72.9 Å². The number of fused-ring (bicyclic) bond motifs is 1. The Morgan fingerprint density at radius 1 is 1.10 bits per heavy atom. The molecule has 2 rings (SSSR count).